The Morgan fingerprint density at radius 1 is 1.25 bits per heavy atom. The number of ether oxygens (including phenoxy) is 2. The van der Waals surface area contributed by atoms with E-state index in [-0.39, 0.29) is 6.29 Å². The zero-order valence-corrected chi connectivity index (χ0v) is 8.12. The summed E-state index contributed by atoms with van der Waals surface area (Å²) < 4.78 is 10.4. The van der Waals surface area contributed by atoms with Crippen molar-refractivity contribution in [2.24, 2.45) is 0 Å². The summed E-state index contributed by atoms with van der Waals surface area (Å²) in [7, 11) is 0. The van der Waals surface area contributed by atoms with Crippen LogP contribution in [0.15, 0.2) is 0 Å². The molecule has 3 heteroatoms. The molecule has 0 saturated carbocycles. The van der Waals surface area contributed by atoms with E-state index >= 15 is 0 Å². The SMILES string of the molecule is CC[CH]OC(CC)OC(O)CC. The molecule has 3 nitrogen and oxygen atoms in total. The molecule has 0 aromatic rings. The summed E-state index contributed by atoms with van der Waals surface area (Å²) in [5.74, 6) is 0. The molecule has 1 radical (unpaired) electrons. The monoisotopic (exact) mass is 175 g/mol. The van der Waals surface area contributed by atoms with Crippen LogP contribution in [0.25, 0.3) is 0 Å². The molecule has 0 aromatic heterocycles. The van der Waals surface area contributed by atoms with Gasteiger partial charge in [-0.05, 0) is 19.3 Å². The minimum absolute atomic E-state index is 0.306. The van der Waals surface area contributed by atoms with Gasteiger partial charge in [0.2, 0.25) is 0 Å². The average molecular weight is 175 g/mol. The highest BCUT2D eigenvalue weighted by Gasteiger charge is 2.10. The van der Waals surface area contributed by atoms with E-state index in [2.05, 4.69) is 0 Å². The van der Waals surface area contributed by atoms with E-state index in [1.54, 1.807) is 6.61 Å². The van der Waals surface area contributed by atoms with E-state index < -0.39 is 6.29 Å². The van der Waals surface area contributed by atoms with Crippen molar-refractivity contribution in [1.29, 1.82) is 0 Å². The van der Waals surface area contributed by atoms with Gasteiger partial charge in [-0.2, -0.15) is 0 Å². The molecule has 73 valence electrons. The first-order valence-electron chi connectivity index (χ1n) is 4.55. The first kappa shape index (κ1) is 11.9. The molecule has 12 heavy (non-hydrogen) atoms. The fourth-order valence-corrected chi connectivity index (χ4v) is 0.700. The molecule has 0 aliphatic heterocycles. The van der Waals surface area contributed by atoms with Crippen LogP contribution in [0.5, 0.6) is 0 Å². The molecule has 0 aliphatic carbocycles. The second kappa shape index (κ2) is 7.53. The van der Waals surface area contributed by atoms with Crippen LogP contribution < -0.4 is 0 Å². The first-order chi connectivity index (χ1) is 5.74. The zero-order valence-electron chi connectivity index (χ0n) is 8.12. The van der Waals surface area contributed by atoms with Crippen molar-refractivity contribution < 1.29 is 14.6 Å². The fourth-order valence-electron chi connectivity index (χ4n) is 0.700. The van der Waals surface area contributed by atoms with Gasteiger partial charge in [0, 0.05) is 0 Å². The number of aliphatic hydroxyl groups excluding tert-OH is 1. The van der Waals surface area contributed by atoms with Crippen LogP contribution in [0.2, 0.25) is 0 Å². The standard InChI is InChI=1S/C9H19O3/c1-4-7-11-9(6-3)12-8(10)5-2/h7-10H,4-6H2,1-3H3. The topological polar surface area (TPSA) is 38.7 Å². The molecule has 0 aliphatic rings. The largest absolute Gasteiger partial charge is 0.368 e. The van der Waals surface area contributed by atoms with Gasteiger partial charge in [-0.1, -0.05) is 20.8 Å². The molecular formula is C9H19O3. The summed E-state index contributed by atoms with van der Waals surface area (Å²) >= 11 is 0. The molecule has 0 heterocycles. The van der Waals surface area contributed by atoms with Crippen LogP contribution in [0.4, 0.5) is 0 Å². The molecule has 0 aromatic carbocycles. The van der Waals surface area contributed by atoms with Crippen LogP contribution in [0, 0.1) is 6.61 Å². The van der Waals surface area contributed by atoms with E-state index in [1.807, 2.05) is 20.8 Å². The number of hydrogen-bond donors (Lipinski definition) is 1. The Labute approximate surface area is 74.7 Å². The van der Waals surface area contributed by atoms with Crippen molar-refractivity contribution in [3.05, 3.63) is 6.61 Å². The third-order valence-corrected chi connectivity index (χ3v) is 1.41. The maximum Gasteiger partial charge on any atom is 0.160 e. The second-order valence-corrected chi connectivity index (χ2v) is 2.55. The summed E-state index contributed by atoms with van der Waals surface area (Å²) in [5.41, 5.74) is 0. The normalized spacial score (nSPS) is 16.0. The predicted molar refractivity (Wildman–Crippen MR) is 47.1 cm³/mol. The van der Waals surface area contributed by atoms with Gasteiger partial charge >= 0.3 is 0 Å². The van der Waals surface area contributed by atoms with Crippen molar-refractivity contribution in [1.82, 2.24) is 0 Å². The van der Waals surface area contributed by atoms with Crippen molar-refractivity contribution in [3.8, 4) is 0 Å². The molecule has 2 atom stereocenters. The van der Waals surface area contributed by atoms with Crippen LogP contribution in [-0.4, -0.2) is 17.7 Å². The number of hydrogen-bond acceptors (Lipinski definition) is 3. The molecule has 0 rings (SSSR count). The van der Waals surface area contributed by atoms with Crippen molar-refractivity contribution in [2.45, 2.75) is 52.6 Å². The lowest BCUT2D eigenvalue weighted by Gasteiger charge is -2.19. The summed E-state index contributed by atoms with van der Waals surface area (Å²) in [6, 6.07) is 0. The van der Waals surface area contributed by atoms with Gasteiger partial charge in [0.05, 0.1) is 6.61 Å². The molecule has 2 unspecified atom stereocenters. The van der Waals surface area contributed by atoms with E-state index in [0.29, 0.717) is 6.42 Å². The van der Waals surface area contributed by atoms with Gasteiger partial charge in [-0.15, -0.1) is 0 Å². The lowest BCUT2D eigenvalue weighted by atomic mass is 10.4. The van der Waals surface area contributed by atoms with E-state index in [1.165, 1.54) is 0 Å². The lowest BCUT2D eigenvalue weighted by Crippen LogP contribution is -2.22. The molecule has 0 amide bonds. The van der Waals surface area contributed by atoms with E-state index in [4.69, 9.17) is 14.6 Å². The maximum absolute atomic E-state index is 9.14. The van der Waals surface area contributed by atoms with Gasteiger partial charge in [-0.3, -0.25) is 0 Å². The fraction of sp³-hybridized carbons (Fsp3) is 0.889. The van der Waals surface area contributed by atoms with Gasteiger partial charge in [0.25, 0.3) is 0 Å². The van der Waals surface area contributed by atoms with Crippen LogP contribution in [0.3, 0.4) is 0 Å². The molecule has 0 fully saturated rings. The van der Waals surface area contributed by atoms with Crippen LogP contribution >= 0.6 is 0 Å². The van der Waals surface area contributed by atoms with Gasteiger partial charge in [0.15, 0.2) is 12.6 Å². The Hall–Kier alpha value is -0.120. The van der Waals surface area contributed by atoms with E-state index in [0.717, 1.165) is 12.8 Å². The summed E-state index contributed by atoms with van der Waals surface area (Å²) in [6.45, 7) is 7.50. The first-order valence-corrected chi connectivity index (χ1v) is 4.55. The Kier molecular flexibility index (Phi) is 7.45. The molecule has 0 spiro atoms. The third-order valence-electron chi connectivity index (χ3n) is 1.41. The van der Waals surface area contributed by atoms with Gasteiger partial charge in [-0.25, -0.2) is 0 Å². The molecular weight excluding hydrogens is 156 g/mol. The predicted octanol–water partition coefficient (Wildman–Crippen LogP) is 2.06. The smallest absolute Gasteiger partial charge is 0.160 e. The third kappa shape index (κ3) is 5.52. The van der Waals surface area contributed by atoms with Gasteiger partial charge in [0.1, 0.15) is 0 Å². The summed E-state index contributed by atoms with van der Waals surface area (Å²) in [4.78, 5) is 0. The van der Waals surface area contributed by atoms with Gasteiger partial charge < -0.3 is 14.6 Å². The highest BCUT2D eigenvalue weighted by Crippen LogP contribution is 2.07. The number of aliphatic hydroxyl groups is 1. The number of rotatable bonds is 7. The maximum atomic E-state index is 9.14. The average Bonchev–Trinajstić information content (AvgIpc) is 2.11. The quantitative estimate of drug-likeness (QED) is 0.602. The second-order valence-electron chi connectivity index (χ2n) is 2.55. The summed E-state index contributed by atoms with van der Waals surface area (Å²) in [5, 5.41) is 9.14. The Bertz CT molecular complexity index is 95.8. The Balaban J connectivity index is 3.51. The van der Waals surface area contributed by atoms with Crippen LogP contribution in [-0.2, 0) is 9.47 Å². The minimum atomic E-state index is -0.708. The molecule has 0 bridgehead atoms. The molecule has 1 N–H and O–H groups in total. The highest BCUT2D eigenvalue weighted by atomic mass is 16.7. The minimum Gasteiger partial charge on any atom is -0.368 e. The Morgan fingerprint density at radius 3 is 2.33 bits per heavy atom. The lowest BCUT2D eigenvalue weighted by molar-refractivity contribution is -0.218. The highest BCUT2D eigenvalue weighted by molar-refractivity contribution is 4.49. The zero-order chi connectivity index (χ0) is 9.40. The molecule has 0 saturated heterocycles. The van der Waals surface area contributed by atoms with Crippen molar-refractivity contribution >= 4 is 0 Å². The summed E-state index contributed by atoms with van der Waals surface area (Å²) in [6.07, 6.45) is 1.17. The van der Waals surface area contributed by atoms with Crippen LogP contribution in [0.1, 0.15) is 40.0 Å². The Morgan fingerprint density at radius 2 is 1.92 bits per heavy atom. The van der Waals surface area contributed by atoms with Crippen molar-refractivity contribution in [2.75, 3.05) is 0 Å². The van der Waals surface area contributed by atoms with E-state index in [9.17, 15) is 0 Å². The van der Waals surface area contributed by atoms with Crippen molar-refractivity contribution in [3.63, 3.8) is 0 Å².